The number of amides is 1. The predicted octanol–water partition coefficient (Wildman–Crippen LogP) is 3.78. The van der Waals surface area contributed by atoms with E-state index in [0.717, 1.165) is 16.7 Å². The first-order valence-electron chi connectivity index (χ1n) is 9.42. The molecule has 0 aliphatic rings. The van der Waals surface area contributed by atoms with E-state index in [0.29, 0.717) is 28.0 Å². The molecule has 0 atom stereocenters. The van der Waals surface area contributed by atoms with Crippen LogP contribution in [0.4, 0.5) is 5.69 Å². The van der Waals surface area contributed by atoms with Gasteiger partial charge in [-0.3, -0.25) is 9.59 Å². The molecule has 7 nitrogen and oxygen atoms in total. The molecule has 0 radical (unpaired) electrons. The molecule has 152 valence electrons. The maximum Gasteiger partial charge on any atom is 0.275 e. The Bertz CT molecular complexity index is 1340. The number of carbonyl (C=O) groups excluding carboxylic acids is 1. The van der Waals surface area contributed by atoms with Gasteiger partial charge in [-0.15, -0.1) is 5.10 Å². The van der Waals surface area contributed by atoms with E-state index in [4.69, 9.17) is 11.6 Å². The molecule has 0 aliphatic heterocycles. The SMILES string of the molecule is Cc1ccc(NC(=O)Cn2c(C)cc(=O)n3nc(-c4ccccc4C)nc23)cc1Cl. The third kappa shape index (κ3) is 3.71. The van der Waals surface area contributed by atoms with Gasteiger partial charge in [0.15, 0.2) is 5.82 Å². The van der Waals surface area contributed by atoms with Gasteiger partial charge in [0.25, 0.3) is 5.56 Å². The van der Waals surface area contributed by atoms with Crippen LogP contribution in [0.3, 0.4) is 0 Å². The number of rotatable bonds is 4. The highest BCUT2D eigenvalue weighted by Crippen LogP contribution is 2.21. The smallest absolute Gasteiger partial charge is 0.275 e. The summed E-state index contributed by atoms with van der Waals surface area (Å²) in [7, 11) is 0. The molecule has 4 aromatic rings. The van der Waals surface area contributed by atoms with Crippen LogP contribution < -0.4 is 10.9 Å². The highest BCUT2D eigenvalue weighted by Gasteiger charge is 2.16. The fourth-order valence-electron chi connectivity index (χ4n) is 3.25. The minimum Gasteiger partial charge on any atom is -0.324 e. The number of carbonyl (C=O) groups is 1. The molecule has 2 aromatic carbocycles. The first kappa shape index (κ1) is 19.8. The minimum atomic E-state index is -0.295. The number of hydrogen-bond donors (Lipinski definition) is 1. The molecule has 0 fully saturated rings. The number of nitrogens with zero attached hydrogens (tertiary/aromatic N) is 4. The van der Waals surface area contributed by atoms with Crippen molar-refractivity contribution in [3.05, 3.63) is 80.7 Å². The molecule has 0 bridgehead atoms. The molecule has 0 aliphatic carbocycles. The monoisotopic (exact) mass is 421 g/mol. The van der Waals surface area contributed by atoms with E-state index in [1.807, 2.05) is 44.2 Å². The van der Waals surface area contributed by atoms with Gasteiger partial charge in [-0.25, -0.2) is 0 Å². The van der Waals surface area contributed by atoms with E-state index >= 15 is 0 Å². The Labute approximate surface area is 178 Å². The van der Waals surface area contributed by atoms with Crippen molar-refractivity contribution in [3.63, 3.8) is 0 Å². The maximum absolute atomic E-state index is 12.7. The lowest BCUT2D eigenvalue weighted by Gasteiger charge is -2.12. The maximum atomic E-state index is 12.7. The van der Waals surface area contributed by atoms with Crippen molar-refractivity contribution in [1.82, 2.24) is 19.2 Å². The van der Waals surface area contributed by atoms with E-state index in [2.05, 4.69) is 15.4 Å². The van der Waals surface area contributed by atoms with E-state index < -0.39 is 0 Å². The Hall–Kier alpha value is -3.45. The van der Waals surface area contributed by atoms with Gasteiger partial charge in [0.05, 0.1) is 0 Å². The Morgan fingerprint density at radius 3 is 2.57 bits per heavy atom. The van der Waals surface area contributed by atoms with Gasteiger partial charge in [-0.05, 0) is 44.0 Å². The molecule has 1 N–H and O–H groups in total. The second kappa shape index (κ2) is 7.76. The average Bonchev–Trinajstić information content (AvgIpc) is 3.14. The highest BCUT2D eigenvalue weighted by atomic mass is 35.5. The number of aromatic nitrogens is 4. The highest BCUT2D eigenvalue weighted by molar-refractivity contribution is 6.31. The van der Waals surface area contributed by atoms with Crippen molar-refractivity contribution < 1.29 is 4.79 Å². The summed E-state index contributed by atoms with van der Waals surface area (Å²) in [4.78, 5) is 29.7. The van der Waals surface area contributed by atoms with Crippen LogP contribution in [0, 0.1) is 20.8 Å². The average molecular weight is 422 g/mol. The predicted molar refractivity (Wildman–Crippen MR) is 117 cm³/mol. The summed E-state index contributed by atoms with van der Waals surface area (Å²) >= 11 is 6.14. The van der Waals surface area contributed by atoms with Gasteiger partial charge >= 0.3 is 0 Å². The van der Waals surface area contributed by atoms with Crippen molar-refractivity contribution in [2.45, 2.75) is 27.3 Å². The van der Waals surface area contributed by atoms with Crippen molar-refractivity contribution in [2.75, 3.05) is 5.32 Å². The second-order valence-electron chi connectivity index (χ2n) is 7.18. The topological polar surface area (TPSA) is 81.3 Å². The fourth-order valence-corrected chi connectivity index (χ4v) is 3.43. The molecule has 2 aromatic heterocycles. The van der Waals surface area contributed by atoms with Gasteiger partial charge in [0.1, 0.15) is 6.54 Å². The summed E-state index contributed by atoms with van der Waals surface area (Å²) in [6, 6.07) is 14.5. The minimum absolute atomic E-state index is 0.0208. The summed E-state index contributed by atoms with van der Waals surface area (Å²) in [6.07, 6.45) is 0. The van der Waals surface area contributed by atoms with E-state index in [1.54, 1.807) is 23.6 Å². The lowest BCUT2D eigenvalue weighted by atomic mass is 10.1. The Morgan fingerprint density at radius 2 is 1.83 bits per heavy atom. The van der Waals surface area contributed by atoms with Crippen LogP contribution in [-0.4, -0.2) is 25.1 Å². The molecule has 8 heteroatoms. The third-order valence-electron chi connectivity index (χ3n) is 4.94. The molecule has 1 amide bonds. The van der Waals surface area contributed by atoms with Gasteiger partial charge in [0, 0.05) is 28.0 Å². The number of aryl methyl sites for hydroxylation is 3. The van der Waals surface area contributed by atoms with Crippen molar-refractivity contribution in [2.24, 2.45) is 0 Å². The number of hydrogen-bond acceptors (Lipinski definition) is 4. The molecule has 0 spiro atoms. The van der Waals surface area contributed by atoms with Crippen molar-refractivity contribution in [1.29, 1.82) is 0 Å². The summed E-state index contributed by atoms with van der Waals surface area (Å²) in [6.45, 7) is 5.59. The third-order valence-corrected chi connectivity index (χ3v) is 5.35. The van der Waals surface area contributed by atoms with Crippen LogP contribution in [0.2, 0.25) is 5.02 Å². The molecule has 30 heavy (non-hydrogen) atoms. The number of anilines is 1. The fraction of sp³-hybridized carbons (Fsp3) is 0.182. The summed E-state index contributed by atoms with van der Waals surface area (Å²) in [5.74, 6) is 0.495. The molecule has 2 heterocycles. The Morgan fingerprint density at radius 1 is 1.07 bits per heavy atom. The molecular formula is C22H20ClN5O2. The zero-order valence-corrected chi connectivity index (χ0v) is 17.6. The van der Waals surface area contributed by atoms with Gasteiger partial charge in [-0.2, -0.15) is 9.50 Å². The van der Waals surface area contributed by atoms with Gasteiger partial charge < -0.3 is 9.88 Å². The number of fused-ring (bicyclic) bond motifs is 1. The molecule has 0 saturated heterocycles. The molecule has 0 unspecified atom stereocenters. The first-order valence-corrected chi connectivity index (χ1v) is 9.80. The first-order chi connectivity index (χ1) is 14.3. The largest absolute Gasteiger partial charge is 0.324 e. The van der Waals surface area contributed by atoms with Crippen LogP contribution in [-0.2, 0) is 11.3 Å². The molecule has 4 rings (SSSR count). The summed E-state index contributed by atoms with van der Waals surface area (Å²) in [5.41, 5.74) is 3.69. The van der Waals surface area contributed by atoms with Crippen LogP contribution in [0.15, 0.2) is 53.3 Å². The molecular weight excluding hydrogens is 402 g/mol. The number of halogens is 1. The van der Waals surface area contributed by atoms with Crippen molar-refractivity contribution >= 4 is 29.0 Å². The second-order valence-corrected chi connectivity index (χ2v) is 7.59. The van der Waals surface area contributed by atoms with Crippen LogP contribution in [0.25, 0.3) is 17.2 Å². The quantitative estimate of drug-likeness (QED) is 0.543. The van der Waals surface area contributed by atoms with E-state index in [9.17, 15) is 9.59 Å². The Kier molecular flexibility index (Phi) is 5.13. The summed E-state index contributed by atoms with van der Waals surface area (Å²) < 4.78 is 2.89. The lowest BCUT2D eigenvalue weighted by Crippen LogP contribution is -2.25. The number of benzene rings is 2. The normalized spacial score (nSPS) is 11.1. The van der Waals surface area contributed by atoms with E-state index in [-0.39, 0.29) is 18.0 Å². The van der Waals surface area contributed by atoms with Crippen LogP contribution in [0.1, 0.15) is 16.8 Å². The van der Waals surface area contributed by atoms with Gasteiger partial charge in [-0.1, -0.05) is 41.9 Å². The standard InChI is InChI=1S/C22H20ClN5O2/c1-13-6-4-5-7-17(13)21-25-22-27(15(3)10-20(30)28(22)26-21)12-19(29)24-16-9-8-14(2)18(23)11-16/h4-11H,12H2,1-3H3,(H,24,29). The van der Waals surface area contributed by atoms with Crippen molar-refractivity contribution in [3.8, 4) is 11.4 Å². The lowest BCUT2D eigenvalue weighted by molar-refractivity contribution is -0.116. The van der Waals surface area contributed by atoms with Crippen LogP contribution >= 0.6 is 11.6 Å². The van der Waals surface area contributed by atoms with E-state index in [1.165, 1.54) is 10.6 Å². The Balaban J connectivity index is 1.71. The summed E-state index contributed by atoms with van der Waals surface area (Å²) in [5, 5.41) is 7.79. The number of nitrogens with one attached hydrogen (secondary N) is 1. The zero-order chi connectivity index (χ0) is 21.4. The molecule has 0 saturated carbocycles. The zero-order valence-electron chi connectivity index (χ0n) is 16.8. The van der Waals surface area contributed by atoms with Gasteiger partial charge in [0.2, 0.25) is 11.7 Å². The van der Waals surface area contributed by atoms with Crippen LogP contribution in [0.5, 0.6) is 0 Å².